The van der Waals surface area contributed by atoms with Gasteiger partial charge < -0.3 is 10.6 Å². The standard InChI is InChI=1S/C11H19ClN4/c1-7(2)5-8(3)16(4)10-6-9(12)14-11(13)15-10/h6-8H,5H2,1-4H3,(H2,13,14,15)/t8-/m1/s1. The van der Waals surface area contributed by atoms with Gasteiger partial charge in [0.1, 0.15) is 11.0 Å². The predicted molar refractivity (Wildman–Crippen MR) is 68.8 cm³/mol. The van der Waals surface area contributed by atoms with Gasteiger partial charge in [-0.05, 0) is 19.3 Å². The smallest absolute Gasteiger partial charge is 0.223 e. The topological polar surface area (TPSA) is 55.0 Å². The van der Waals surface area contributed by atoms with Crippen molar-refractivity contribution in [3.8, 4) is 0 Å². The highest BCUT2D eigenvalue weighted by molar-refractivity contribution is 6.29. The molecule has 1 atom stereocenters. The lowest BCUT2D eigenvalue weighted by atomic mass is 10.0. The summed E-state index contributed by atoms with van der Waals surface area (Å²) < 4.78 is 0. The second-order valence-corrected chi connectivity index (χ2v) is 4.88. The fraction of sp³-hybridized carbons (Fsp3) is 0.636. The minimum absolute atomic E-state index is 0.214. The van der Waals surface area contributed by atoms with Crippen molar-refractivity contribution < 1.29 is 0 Å². The van der Waals surface area contributed by atoms with Crippen LogP contribution in [0.1, 0.15) is 27.2 Å². The second kappa shape index (κ2) is 5.34. The number of nitrogen functional groups attached to an aromatic ring is 1. The number of halogens is 1. The molecular formula is C11H19ClN4. The zero-order valence-electron chi connectivity index (χ0n) is 10.2. The van der Waals surface area contributed by atoms with Crippen LogP contribution in [0.5, 0.6) is 0 Å². The molecule has 0 spiro atoms. The number of nitrogens with two attached hydrogens (primary N) is 1. The van der Waals surface area contributed by atoms with Crippen LogP contribution in [0.25, 0.3) is 0 Å². The summed E-state index contributed by atoms with van der Waals surface area (Å²) in [5.74, 6) is 1.63. The minimum atomic E-state index is 0.214. The van der Waals surface area contributed by atoms with Crippen LogP contribution in [0.2, 0.25) is 5.15 Å². The lowest BCUT2D eigenvalue weighted by molar-refractivity contribution is 0.502. The Morgan fingerprint density at radius 2 is 2.00 bits per heavy atom. The zero-order chi connectivity index (χ0) is 12.3. The molecular weight excluding hydrogens is 224 g/mol. The van der Waals surface area contributed by atoms with E-state index < -0.39 is 0 Å². The normalized spacial score (nSPS) is 12.9. The van der Waals surface area contributed by atoms with E-state index in [0.29, 0.717) is 17.1 Å². The molecule has 0 aliphatic heterocycles. The number of nitrogens with zero attached hydrogens (tertiary/aromatic N) is 3. The van der Waals surface area contributed by atoms with E-state index in [1.165, 1.54) is 0 Å². The van der Waals surface area contributed by atoms with Gasteiger partial charge >= 0.3 is 0 Å². The molecule has 0 bridgehead atoms. The number of aromatic nitrogens is 2. The van der Waals surface area contributed by atoms with Gasteiger partial charge in [0.25, 0.3) is 0 Å². The van der Waals surface area contributed by atoms with Crippen LogP contribution in [0.15, 0.2) is 6.07 Å². The highest BCUT2D eigenvalue weighted by Gasteiger charge is 2.14. The molecule has 0 aliphatic carbocycles. The van der Waals surface area contributed by atoms with Crippen LogP contribution < -0.4 is 10.6 Å². The average Bonchev–Trinajstić information content (AvgIpc) is 2.13. The molecule has 4 nitrogen and oxygen atoms in total. The van der Waals surface area contributed by atoms with Crippen molar-refractivity contribution in [2.75, 3.05) is 17.7 Å². The molecule has 1 heterocycles. The monoisotopic (exact) mass is 242 g/mol. The molecule has 1 aromatic rings. The Hall–Kier alpha value is -1.03. The van der Waals surface area contributed by atoms with Crippen molar-refractivity contribution in [1.29, 1.82) is 0 Å². The molecule has 0 fully saturated rings. The highest BCUT2D eigenvalue weighted by Crippen LogP contribution is 2.20. The summed E-state index contributed by atoms with van der Waals surface area (Å²) >= 11 is 5.85. The molecule has 1 aromatic heterocycles. The molecule has 5 heteroatoms. The molecule has 0 radical (unpaired) electrons. The van der Waals surface area contributed by atoms with Crippen molar-refractivity contribution in [2.45, 2.75) is 33.2 Å². The van der Waals surface area contributed by atoms with Gasteiger partial charge in [-0.15, -0.1) is 0 Å². The molecule has 0 saturated carbocycles. The van der Waals surface area contributed by atoms with Gasteiger partial charge in [-0.25, -0.2) is 4.98 Å². The van der Waals surface area contributed by atoms with Crippen molar-refractivity contribution in [1.82, 2.24) is 9.97 Å². The number of hydrogen-bond acceptors (Lipinski definition) is 4. The van der Waals surface area contributed by atoms with Gasteiger partial charge in [0.2, 0.25) is 5.95 Å². The Kier molecular flexibility index (Phi) is 4.35. The molecule has 0 amide bonds. The van der Waals surface area contributed by atoms with Crippen LogP contribution in [0.4, 0.5) is 11.8 Å². The second-order valence-electron chi connectivity index (χ2n) is 4.50. The summed E-state index contributed by atoms with van der Waals surface area (Å²) in [6.45, 7) is 6.56. The van der Waals surface area contributed by atoms with Crippen LogP contribution >= 0.6 is 11.6 Å². The third-order valence-electron chi connectivity index (χ3n) is 2.53. The SMILES string of the molecule is CC(C)C[C@@H](C)N(C)c1cc(Cl)nc(N)n1. The Balaban J connectivity index is 2.82. The number of hydrogen-bond donors (Lipinski definition) is 1. The van der Waals surface area contributed by atoms with E-state index >= 15 is 0 Å². The molecule has 0 saturated heterocycles. The third-order valence-corrected chi connectivity index (χ3v) is 2.73. The molecule has 2 N–H and O–H groups in total. The average molecular weight is 243 g/mol. The van der Waals surface area contributed by atoms with E-state index in [1.54, 1.807) is 6.07 Å². The first-order valence-corrected chi connectivity index (χ1v) is 5.80. The fourth-order valence-electron chi connectivity index (χ4n) is 1.67. The molecule has 0 unspecified atom stereocenters. The molecule has 0 aromatic carbocycles. The third kappa shape index (κ3) is 3.52. The predicted octanol–water partition coefficient (Wildman–Crippen LogP) is 2.58. The Morgan fingerprint density at radius 3 is 2.50 bits per heavy atom. The number of anilines is 2. The van der Waals surface area contributed by atoms with Crippen LogP contribution in [-0.4, -0.2) is 23.1 Å². The van der Waals surface area contributed by atoms with Crippen molar-refractivity contribution in [2.24, 2.45) is 5.92 Å². The Morgan fingerprint density at radius 1 is 1.38 bits per heavy atom. The lowest BCUT2D eigenvalue weighted by Crippen LogP contribution is -2.31. The Labute approximate surface area is 102 Å². The van der Waals surface area contributed by atoms with E-state index in [2.05, 4.69) is 35.6 Å². The summed E-state index contributed by atoms with van der Waals surface area (Å²) in [7, 11) is 1.99. The Bertz CT molecular complexity index is 334. The summed E-state index contributed by atoms with van der Waals surface area (Å²) in [4.78, 5) is 10.1. The molecule has 0 aliphatic rings. The van der Waals surface area contributed by atoms with Gasteiger partial charge in [-0.2, -0.15) is 4.98 Å². The van der Waals surface area contributed by atoms with Gasteiger partial charge in [-0.1, -0.05) is 25.4 Å². The largest absolute Gasteiger partial charge is 0.368 e. The van der Waals surface area contributed by atoms with Gasteiger partial charge in [-0.3, -0.25) is 0 Å². The van der Waals surface area contributed by atoms with E-state index in [1.807, 2.05) is 7.05 Å². The van der Waals surface area contributed by atoms with E-state index in [0.717, 1.165) is 12.2 Å². The van der Waals surface area contributed by atoms with Crippen molar-refractivity contribution >= 4 is 23.4 Å². The molecule has 90 valence electrons. The first kappa shape index (κ1) is 13.0. The summed E-state index contributed by atoms with van der Waals surface area (Å²) in [5, 5.41) is 0.381. The van der Waals surface area contributed by atoms with Crippen LogP contribution in [-0.2, 0) is 0 Å². The lowest BCUT2D eigenvalue weighted by Gasteiger charge is -2.27. The summed E-state index contributed by atoms with van der Waals surface area (Å²) in [6, 6.07) is 2.12. The maximum atomic E-state index is 5.85. The summed E-state index contributed by atoms with van der Waals surface area (Å²) in [5.41, 5.74) is 5.57. The van der Waals surface area contributed by atoms with Gasteiger partial charge in [0.05, 0.1) is 0 Å². The van der Waals surface area contributed by atoms with Crippen LogP contribution in [0.3, 0.4) is 0 Å². The van der Waals surface area contributed by atoms with E-state index in [-0.39, 0.29) is 5.95 Å². The molecule has 1 rings (SSSR count). The van der Waals surface area contributed by atoms with Gasteiger partial charge in [0.15, 0.2) is 0 Å². The summed E-state index contributed by atoms with van der Waals surface area (Å²) in [6.07, 6.45) is 1.10. The fourth-order valence-corrected chi connectivity index (χ4v) is 1.85. The molecule has 16 heavy (non-hydrogen) atoms. The van der Waals surface area contributed by atoms with Crippen molar-refractivity contribution in [3.63, 3.8) is 0 Å². The quantitative estimate of drug-likeness (QED) is 0.825. The maximum absolute atomic E-state index is 5.85. The maximum Gasteiger partial charge on any atom is 0.223 e. The van der Waals surface area contributed by atoms with Gasteiger partial charge in [0, 0.05) is 19.2 Å². The van der Waals surface area contributed by atoms with Crippen molar-refractivity contribution in [3.05, 3.63) is 11.2 Å². The van der Waals surface area contributed by atoms with Crippen LogP contribution in [0, 0.1) is 5.92 Å². The highest BCUT2D eigenvalue weighted by atomic mass is 35.5. The number of rotatable bonds is 4. The van der Waals surface area contributed by atoms with E-state index in [4.69, 9.17) is 17.3 Å². The first-order valence-electron chi connectivity index (χ1n) is 5.43. The first-order chi connectivity index (χ1) is 7.40. The minimum Gasteiger partial charge on any atom is -0.368 e. The zero-order valence-corrected chi connectivity index (χ0v) is 11.0. The van der Waals surface area contributed by atoms with E-state index in [9.17, 15) is 0 Å².